The first-order valence-corrected chi connectivity index (χ1v) is 11.4. The normalized spacial score (nSPS) is 13.0. The van der Waals surface area contributed by atoms with Crippen molar-refractivity contribution in [2.45, 2.75) is 25.3 Å². The van der Waals surface area contributed by atoms with Gasteiger partial charge in [-0.15, -0.1) is 0 Å². The molecule has 5 rings (SSSR count). The van der Waals surface area contributed by atoms with Crippen molar-refractivity contribution in [1.82, 2.24) is 19.5 Å². The number of hydrogen-bond donors (Lipinski definition) is 1. The molecule has 38 heavy (non-hydrogen) atoms. The van der Waals surface area contributed by atoms with Crippen LogP contribution in [0.4, 0.5) is 32.3 Å². The van der Waals surface area contributed by atoms with Gasteiger partial charge in [0, 0.05) is 6.20 Å². The second kappa shape index (κ2) is 9.47. The van der Waals surface area contributed by atoms with Crippen molar-refractivity contribution in [3.05, 3.63) is 102 Å². The third-order valence-electron chi connectivity index (χ3n) is 6.00. The van der Waals surface area contributed by atoms with Crippen LogP contribution in [0.3, 0.4) is 0 Å². The summed E-state index contributed by atoms with van der Waals surface area (Å²) in [4.78, 5) is 13.1. The number of anilines is 1. The topological polar surface area (TPSA) is 55.6 Å². The lowest BCUT2D eigenvalue weighted by Crippen LogP contribution is -2.11. The van der Waals surface area contributed by atoms with E-state index in [9.17, 15) is 26.3 Å². The molecule has 0 aliphatic heterocycles. The van der Waals surface area contributed by atoms with Gasteiger partial charge in [-0.3, -0.25) is 4.57 Å². The van der Waals surface area contributed by atoms with Gasteiger partial charge in [0.25, 0.3) is 0 Å². The fourth-order valence-corrected chi connectivity index (χ4v) is 4.07. The molecule has 0 radical (unpaired) electrons. The van der Waals surface area contributed by atoms with Crippen LogP contribution in [0.2, 0.25) is 0 Å². The maximum absolute atomic E-state index is 13.3. The summed E-state index contributed by atoms with van der Waals surface area (Å²) < 4.78 is 81.5. The quantitative estimate of drug-likeness (QED) is 0.238. The summed E-state index contributed by atoms with van der Waals surface area (Å²) in [6.45, 7) is 1.97. The van der Waals surface area contributed by atoms with E-state index in [1.54, 1.807) is 22.9 Å². The van der Waals surface area contributed by atoms with Crippen molar-refractivity contribution < 1.29 is 26.3 Å². The number of nitrogens with one attached hydrogen (secondary N) is 1. The molecular weight excluding hydrogens is 508 g/mol. The van der Waals surface area contributed by atoms with E-state index in [1.807, 2.05) is 37.3 Å². The molecule has 2 aromatic heterocycles. The third-order valence-corrected chi connectivity index (χ3v) is 6.00. The number of aromatic nitrogens is 4. The average molecular weight is 527 g/mol. The third kappa shape index (κ3) is 5.17. The van der Waals surface area contributed by atoms with Gasteiger partial charge in [0.15, 0.2) is 0 Å². The molecule has 0 aliphatic rings. The van der Waals surface area contributed by atoms with Crippen LogP contribution in [0.15, 0.2) is 85.3 Å². The summed E-state index contributed by atoms with van der Waals surface area (Å²) in [5.41, 5.74) is -0.812. The lowest BCUT2D eigenvalue weighted by Gasteiger charge is -2.15. The molecule has 0 saturated carbocycles. The van der Waals surface area contributed by atoms with Crippen LogP contribution in [0, 0.1) is 0 Å². The summed E-state index contributed by atoms with van der Waals surface area (Å²) in [7, 11) is 0. The molecule has 0 spiro atoms. The molecule has 194 valence electrons. The summed E-state index contributed by atoms with van der Waals surface area (Å²) in [5.74, 6) is 0.859. The molecule has 5 aromatic rings. The zero-order valence-corrected chi connectivity index (χ0v) is 19.7. The first kappa shape index (κ1) is 25.2. The molecule has 0 aliphatic carbocycles. The average Bonchev–Trinajstić information content (AvgIpc) is 3.31. The van der Waals surface area contributed by atoms with Crippen molar-refractivity contribution in [2.24, 2.45) is 0 Å². The molecule has 11 heteroatoms. The van der Waals surface area contributed by atoms with Crippen LogP contribution < -0.4 is 5.32 Å². The number of fused-ring (bicyclic) bond motifs is 1. The fraction of sp³-hybridized carbons (Fsp3) is 0.148. The molecular formula is C27H19F6N5. The maximum Gasteiger partial charge on any atom is 0.416 e. The van der Waals surface area contributed by atoms with Crippen LogP contribution in [-0.2, 0) is 12.4 Å². The Morgan fingerprint density at radius 1 is 0.763 bits per heavy atom. The van der Waals surface area contributed by atoms with Crippen LogP contribution >= 0.6 is 0 Å². The molecule has 2 heterocycles. The fourth-order valence-electron chi connectivity index (χ4n) is 4.07. The molecule has 0 fully saturated rings. The van der Waals surface area contributed by atoms with E-state index in [2.05, 4.69) is 20.3 Å². The molecule has 0 unspecified atom stereocenters. The highest BCUT2D eigenvalue weighted by Gasteiger charge is 2.37. The number of imidazole rings is 1. The smallest absolute Gasteiger partial charge is 0.348 e. The van der Waals surface area contributed by atoms with Crippen molar-refractivity contribution >= 4 is 17.0 Å². The highest BCUT2D eigenvalue weighted by molar-refractivity contribution is 5.83. The van der Waals surface area contributed by atoms with E-state index in [1.165, 1.54) is 18.5 Å². The summed E-state index contributed by atoms with van der Waals surface area (Å²) >= 11 is 0. The SMILES string of the molecule is C[C@H](Nc1nccc(-n2cnc3cc(-c4cc(C(F)(F)F)cc(C(F)(F)F)c4)ccc32)n1)c1ccccc1. The predicted octanol–water partition coefficient (Wildman–Crippen LogP) is 7.69. The number of rotatable bonds is 5. The largest absolute Gasteiger partial charge is 0.416 e. The van der Waals surface area contributed by atoms with Gasteiger partial charge < -0.3 is 5.32 Å². The number of alkyl halides is 6. The van der Waals surface area contributed by atoms with Crippen molar-refractivity contribution in [1.29, 1.82) is 0 Å². The zero-order valence-electron chi connectivity index (χ0n) is 19.7. The highest BCUT2D eigenvalue weighted by Crippen LogP contribution is 2.39. The van der Waals surface area contributed by atoms with E-state index in [0.717, 1.165) is 5.56 Å². The maximum atomic E-state index is 13.3. The van der Waals surface area contributed by atoms with Gasteiger partial charge in [-0.1, -0.05) is 36.4 Å². The minimum atomic E-state index is -4.93. The Kier molecular flexibility index (Phi) is 6.29. The molecule has 0 bridgehead atoms. The minimum Gasteiger partial charge on any atom is -0.348 e. The summed E-state index contributed by atoms with van der Waals surface area (Å²) in [5, 5.41) is 3.23. The second-order valence-corrected chi connectivity index (χ2v) is 8.63. The minimum absolute atomic E-state index is 0.0670. The van der Waals surface area contributed by atoms with E-state index in [-0.39, 0.29) is 23.2 Å². The number of halogens is 6. The molecule has 0 amide bonds. The lowest BCUT2D eigenvalue weighted by molar-refractivity contribution is -0.143. The van der Waals surface area contributed by atoms with Gasteiger partial charge >= 0.3 is 12.4 Å². The van der Waals surface area contributed by atoms with Crippen LogP contribution in [-0.4, -0.2) is 19.5 Å². The Hall–Kier alpha value is -4.41. The second-order valence-electron chi connectivity index (χ2n) is 8.63. The number of benzene rings is 3. The van der Waals surface area contributed by atoms with Crippen LogP contribution in [0.1, 0.15) is 29.7 Å². The van der Waals surface area contributed by atoms with E-state index in [4.69, 9.17) is 0 Å². The van der Waals surface area contributed by atoms with E-state index >= 15 is 0 Å². The molecule has 1 N–H and O–H groups in total. The molecule has 0 saturated heterocycles. The van der Waals surface area contributed by atoms with Crippen LogP contribution in [0.25, 0.3) is 28.0 Å². The van der Waals surface area contributed by atoms with Gasteiger partial charge in [-0.25, -0.2) is 9.97 Å². The monoisotopic (exact) mass is 527 g/mol. The Balaban J connectivity index is 1.48. The Labute approximate surface area is 212 Å². The summed E-state index contributed by atoms with van der Waals surface area (Å²) in [6, 6.07) is 17.3. The standard InChI is InChI=1S/C27H19F6N5/c1-16(17-5-3-2-4-6-17)36-25-34-10-9-24(37-25)38-15-35-22-13-18(7-8-23(22)38)19-11-20(26(28,29)30)14-21(12-19)27(31,32)33/h2-16H,1H3,(H,34,36,37)/t16-/m0/s1. The van der Waals surface area contributed by atoms with Gasteiger partial charge in [-0.2, -0.15) is 31.3 Å². The Morgan fingerprint density at radius 2 is 1.45 bits per heavy atom. The van der Waals surface area contributed by atoms with Gasteiger partial charge in [0.05, 0.1) is 28.2 Å². The first-order valence-electron chi connectivity index (χ1n) is 11.4. The van der Waals surface area contributed by atoms with Crippen molar-refractivity contribution in [3.63, 3.8) is 0 Å². The van der Waals surface area contributed by atoms with Gasteiger partial charge in [0.2, 0.25) is 5.95 Å². The van der Waals surface area contributed by atoms with Crippen LogP contribution in [0.5, 0.6) is 0 Å². The highest BCUT2D eigenvalue weighted by atomic mass is 19.4. The Morgan fingerprint density at radius 3 is 2.11 bits per heavy atom. The first-order chi connectivity index (χ1) is 18.0. The van der Waals surface area contributed by atoms with E-state index in [0.29, 0.717) is 34.9 Å². The van der Waals surface area contributed by atoms with Crippen molar-refractivity contribution in [2.75, 3.05) is 5.32 Å². The molecule has 5 nitrogen and oxygen atoms in total. The Bertz CT molecular complexity index is 1560. The predicted molar refractivity (Wildman–Crippen MR) is 131 cm³/mol. The summed E-state index contributed by atoms with van der Waals surface area (Å²) in [6.07, 6.45) is -6.81. The van der Waals surface area contributed by atoms with Gasteiger partial charge in [-0.05, 0) is 60.0 Å². The number of hydrogen-bond acceptors (Lipinski definition) is 4. The van der Waals surface area contributed by atoms with Crippen molar-refractivity contribution in [3.8, 4) is 16.9 Å². The molecule has 1 atom stereocenters. The number of nitrogens with zero attached hydrogens (tertiary/aromatic N) is 4. The zero-order chi connectivity index (χ0) is 27.1. The lowest BCUT2D eigenvalue weighted by atomic mass is 9.99. The molecule has 3 aromatic carbocycles. The van der Waals surface area contributed by atoms with Gasteiger partial charge in [0.1, 0.15) is 12.1 Å². The van der Waals surface area contributed by atoms with E-state index < -0.39 is 23.5 Å².